The summed E-state index contributed by atoms with van der Waals surface area (Å²) in [6.07, 6.45) is 5.78. The summed E-state index contributed by atoms with van der Waals surface area (Å²) in [5.41, 5.74) is 2.50. The Hall–Kier alpha value is -2.54. The molecule has 3 aromatic rings. The Kier molecular flexibility index (Phi) is 5.15. The van der Waals surface area contributed by atoms with Crippen LogP contribution in [0.4, 0.5) is 4.39 Å². The molecule has 5 rings (SSSR count). The van der Waals surface area contributed by atoms with Crippen molar-refractivity contribution in [2.45, 2.75) is 57.9 Å². The molecule has 30 heavy (non-hydrogen) atoms. The summed E-state index contributed by atoms with van der Waals surface area (Å²) in [6, 6.07) is 4.65. The third kappa shape index (κ3) is 3.55. The van der Waals surface area contributed by atoms with Crippen LogP contribution in [0.25, 0.3) is 10.9 Å². The van der Waals surface area contributed by atoms with Crippen LogP contribution in [0.15, 0.2) is 27.5 Å². The van der Waals surface area contributed by atoms with E-state index < -0.39 is 0 Å². The molecule has 0 N–H and O–H groups in total. The molecule has 0 atom stereocenters. The van der Waals surface area contributed by atoms with Gasteiger partial charge in [-0.05, 0) is 64.3 Å². The number of halogens is 1. The SMILES string of the molecule is Cc1nc2n(c(=O)c1CCN1CCC(c3onc4cc(F)ccc34)CC1)CCCC2. The van der Waals surface area contributed by atoms with Crippen molar-refractivity contribution in [3.05, 3.63) is 57.2 Å². The highest BCUT2D eigenvalue weighted by molar-refractivity contribution is 5.80. The Labute approximate surface area is 174 Å². The first kappa shape index (κ1) is 19.4. The number of hydrogen-bond acceptors (Lipinski definition) is 5. The van der Waals surface area contributed by atoms with Crippen LogP contribution in [0.1, 0.15) is 54.4 Å². The summed E-state index contributed by atoms with van der Waals surface area (Å²) in [4.78, 5) is 20.1. The number of likely N-dealkylation sites (tertiary alicyclic amines) is 1. The molecule has 0 bridgehead atoms. The van der Waals surface area contributed by atoms with E-state index in [1.165, 1.54) is 12.1 Å². The van der Waals surface area contributed by atoms with Crippen molar-refractivity contribution in [2.75, 3.05) is 19.6 Å². The topological polar surface area (TPSA) is 64.2 Å². The maximum atomic E-state index is 13.4. The summed E-state index contributed by atoms with van der Waals surface area (Å²) in [5.74, 6) is 1.83. The van der Waals surface area contributed by atoms with Crippen LogP contribution in [0.5, 0.6) is 0 Å². The maximum Gasteiger partial charge on any atom is 0.256 e. The lowest BCUT2D eigenvalue weighted by Crippen LogP contribution is -2.37. The van der Waals surface area contributed by atoms with Crippen molar-refractivity contribution >= 4 is 10.9 Å². The maximum absolute atomic E-state index is 13.4. The van der Waals surface area contributed by atoms with E-state index in [1.54, 1.807) is 6.07 Å². The van der Waals surface area contributed by atoms with Crippen LogP contribution in [0.3, 0.4) is 0 Å². The minimum absolute atomic E-state index is 0.160. The first-order valence-corrected chi connectivity index (χ1v) is 11.0. The molecule has 158 valence electrons. The molecular weight excluding hydrogens is 383 g/mol. The van der Waals surface area contributed by atoms with Gasteiger partial charge in [-0.1, -0.05) is 5.16 Å². The summed E-state index contributed by atoms with van der Waals surface area (Å²) in [5, 5.41) is 4.95. The molecule has 1 fully saturated rings. The van der Waals surface area contributed by atoms with Gasteiger partial charge in [0, 0.05) is 48.1 Å². The molecule has 0 radical (unpaired) electrons. The Morgan fingerprint density at radius 2 is 2.03 bits per heavy atom. The Balaban J connectivity index is 1.23. The average molecular weight is 410 g/mol. The molecule has 0 aliphatic carbocycles. The van der Waals surface area contributed by atoms with Gasteiger partial charge in [-0.25, -0.2) is 9.37 Å². The predicted molar refractivity (Wildman–Crippen MR) is 112 cm³/mol. The number of fused-ring (bicyclic) bond motifs is 2. The molecular formula is C23H27FN4O2. The van der Waals surface area contributed by atoms with Crippen molar-refractivity contribution in [2.24, 2.45) is 0 Å². The van der Waals surface area contributed by atoms with Gasteiger partial charge in [-0.2, -0.15) is 0 Å². The van der Waals surface area contributed by atoms with Crippen molar-refractivity contribution in [1.29, 1.82) is 0 Å². The first-order chi connectivity index (χ1) is 14.6. The van der Waals surface area contributed by atoms with Gasteiger partial charge in [0.05, 0.1) is 0 Å². The lowest BCUT2D eigenvalue weighted by molar-refractivity contribution is 0.199. The van der Waals surface area contributed by atoms with Crippen LogP contribution in [-0.2, 0) is 19.4 Å². The molecule has 7 heteroatoms. The van der Waals surface area contributed by atoms with Gasteiger partial charge in [-0.3, -0.25) is 9.36 Å². The molecule has 0 spiro atoms. The largest absolute Gasteiger partial charge is 0.360 e. The quantitative estimate of drug-likeness (QED) is 0.658. The monoisotopic (exact) mass is 410 g/mol. The molecule has 1 aromatic carbocycles. The second-order valence-corrected chi connectivity index (χ2v) is 8.58. The molecule has 2 aliphatic heterocycles. The van der Waals surface area contributed by atoms with Crippen molar-refractivity contribution in [3.63, 3.8) is 0 Å². The zero-order chi connectivity index (χ0) is 20.7. The number of aryl methyl sites for hydroxylation is 2. The molecule has 0 amide bonds. The highest BCUT2D eigenvalue weighted by Crippen LogP contribution is 2.33. The third-order valence-corrected chi connectivity index (χ3v) is 6.68. The fourth-order valence-electron chi connectivity index (χ4n) is 4.94. The number of nitrogens with zero attached hydrogens (tertiary/aromatic N) is 4. The summed E-state index contributed by atoms with van der Waals surface area (Å²) in [6.45, 7) is 5.54. The van der Waals surface area contributed by atoms with E-state index in [-0.39, 0.29) is 11.4 Å². The Morgan fingerprint density at radius 1 is 1.20 bits per heavy atom. The molecule has 0 unspecified atom stereocenters. The molecule has 2 aromatic heterocycles. The van der Waals surface area contributed by atoms with E-state index in [9.17, 15) is 9.18 Å². The number of piperidine rings is 1. The fourth-order valence-corrected chi connectivity index (χ4v) is 4.94. The molecule has 1 saturated heterocycles. The number of rotatable bonds is 4. The normalized spacial score (nSPS) is 18.1. The molecule has 0 saturated carbocycles. The van der Waals surface area contributed by atoms with E-state index in [2.05, 4.69) is 10.1 Å². The lowest BCUT2D eigenvalue weighted by atomic mass is 9.92. The van der Waals surface area contributed by atoms with Gasteiger partial charge in [0.1, 0.15) is 22.9 Å². The second kappa shape index (κ2) is 7.95. The van der Waals surface area contributed by atoms with Gasteiger partial charge >= 0.3 is 0 Å². The fraction of sp³-hybridized carbons (Fsp3) is 0.522. The first-order valence-electron chi connectivity index (χ1n) is 11.0. The standard InChI is InChI=1S/C23H27FN4O2/c1-15-18(23(29)28-10-3-2-4-21(28)25-15)9-13-27-11-7-16(8-12-27)22-19-6-5-17(24)14-20(19)26-30-22/h5-6,14,16H,2-4,7-13H2,1H3. The number of hydrogen-bond donors (Lipinski definition) is 0. The van der Waals surface area contributed by atoms with E-state index in [0.717, 1.165) is 92.9 Å². The highest BCUT2D eigenvalue weighted by Gasteiger charge is 2.26. The lowest BCUT2D eigenvalue weighted by Gasteiger charge is -2.31. The molecule has 4 heterocycles. The third-order valence-electron chi connectivity index (χ3n) is 6.68. The van der Waals surface area contributed by atoms with Crippen LogP contribution in [0, 0.1) is 12.7 Å². The molecule has 6 nitrogen and oxygen atoms in total. The minimum Gasteiger partial charge on any atom is -0.360 e. The van der Waals surface area contributed by atoms with Crippen molar-refractivity contribution in [3.8, 4) is 0 Å². The minimum atomic E-state index is -0.292. The smallest absolute Gasteiger partial charge is 0.256 e. The molecule has 2 aliphatic rings. The zero-order valence-corrected chi connectivity index (χ0v) is 17.4. The van der Waals surface area contributed by atoms with E-state index in [4.69, 9.17) is 9.51 Å². The van der Waals surface area contributed by atoms with Gasteiger partial charge in [0.2, 0.25) is 0 Å². The van der Waals surface area contributed by atoms with Gasteiger partial charge < -0.3 is 9.42 Å². The highest BCUT2D eigenvalue weighted by atomic mass is 19.1. The van der Waals surface area contributed by atoms with Gasteiger partial charge in [0.15, 0.2) is 0 Å². The van der Waals surface area contributed by atoms with Crippen LogP contribution < -0.4 is 5.56 Å². The van der Waals surface area contributed by atoms with Crippen LogP contribution >= 0.6 is 0 Å². The van der Waals surface area contributed by atoms with Crippen LogP contribution in [-0.4, -0.2) is 39.2 Å². The average Bonchev–Trinajstić information content (AvgIpc) is 3.17. The summed E-state index contributed by atoms with van der Waals surface area (Å²) in [7, 11) is 0. The Bertz CT molecular complexity index is 1130. The summed E-state index contributed by atoms with van der Waals surface area (Å²) < 4.78 is 20.9. The van der Waals surface area contributed by atoms with Crippen molar-refractivity contribution < 1.29 is 8.91 Å². The van der Waals surface area contributed by atoms with Gasteiger partial charge in [-0.15, -0.1) is 0 Å². The second-order valence-electron chi connectivity index (χ2n) is 8.58. The van der Waals surface area contributed by atoms with Crippen molar-refractivity contribution in [1.82, 2.24) is 19.6 Å². The van der Waals surface area contributed by atoms with E-state index in [0.29, 0.717) is 11.4 Å². The predicted octanol–water partition coefficient (Wildman–Crippen LogP) is 3.59. The summed E-state index contributed by atoms with van der Waals surface area (Å²) >= 11 is 0. The van der Waals surface area contributed by atoms with Crippen LogP contribution in [0.2, 0.25) is 0 Å². The van der Waals surface area contributed by atoms with Gasteiger partial charge in [0.25, 0.3) is 5.56 Å². The number of aromatic nitrogens is 3. The van der Waals surface area contributed by atoms with E-state index in [1.807, 2.05) is 11.5 Å². The number of benzene rings is 1. The Morgan fingerprint density at radius 3 is 2.87 bits per heavy atom. The van der Waals surface area contributed by atoms with E-state index >= 15 is 0 Å². The zero-order valence-electron chi connectivity index (χ0n) is 17.4.